The molecule has 0 aliphatic heterocycles. The lowest BCUT2D eigenvalue weighted by Gasteiger charge is -2.12. The molecular weight excluding hydrogens is 284 g/mol. The first-order valence-electron chi connectivity index (χ1n) is 6.76. The number of carbonyl (C=O) groups excluding carboxylic acids is 1. The number of ether oxygens (including phenoxy) is 2. The zero-order chi connectivity index (χ0) is 15.9. The van der Waals surface area contributed by atoms with Gasteiger partial charge in [0.15, 0.2) is 0 Å². The lowest BCUT2D eigenvalue weighted by atomic mass is 10.1. The van der Waals surface area contributed by atoms with E-state index >= 15 is 0 Å². The molecule has 0 saturated heterocycles. The average molecular weight is 300 g/mol. The molecular formula is C17H16O5. The molecule has 1 N–H and O–H groups in total. The summed E-state index contributed by atoms with van der Waals surface area (Å²) in [5.41, 5.74) is 0.901. The van der Waals surface area contributed by atoms with Crippen molar-refractivity contribution in [1.29, 1.82) is 0 Å². The van der Waals surface area contributed by atoms with E-state index in [2.05, 4.69) is 4.74 Å². The van der Waals surface area contributed by atoms with E-state index in [1.807, 2.05) is 12.1 Å². The number of carboxylic acids is 1. The largest absolute Gasteiger partial charge is 0.478 e. The molecule has 0 aliphatic rings. The minimum Gasteiger partial charge on any atom is -0.478 e. The number of benzene rings is 2. The highest BCUT2D eigenvalue weighted by molar-refractivity contribution is 5.90. The number of aryl methyl sites for hydroxylation is 1. The van der Waals surface area contributed by atoms with Crippen molar-refractivity contribution in [2.24, 2.45) is 0 Å². The molecule has 114 valence electrons. The van der Waals surface area contributed by atoms with Crippen LogP contribution in [-0.2, 0) is 16.0 Å². The molecule has 2 rings (SSSR count). The zero-order valence-corrected chi connectivity index (χ0v) is 12.1. The van der Waals surface area contributed by atoms with Gasteiger partial charge in [-0.25, -0.2) is 4.79 Å². The van der Waals surface area contributed by atoms with Gasteiger partial charge >= 0.3 is 11.9 Å². The number of methoxy groups -OCH3 is 1. The third-order valence-electron chi connectivity index (χ3n) is 3.14. The minimum absolute atomic E-state index is 0.0882. The Hall–Kier alpha value is -2.82. The highest BCUT2D eigenvalue weighted by atomic mass is 16.5. The Morgan fingerprint density at radius 3 is 2.32 bits per heavy atom. The van der Waals surface area contributed by atoms with Crippen molar-refractivity contribution in [1.82, 2.24) is 0 Å². The second-order valence-corrected chi connectivity index (χ2v) is 4.59. The van der Waals surface area contributed by atoms with Crippen molar-refractivity contribution >= 4 is 11.9 Å². The van der Waals surface area contributed by atoms with E-state index < -0.39 is 5.97 Å². The molecule has 5 heteroatoms. The molecule has 0 aromatic heterocycles. The molecule has 2 aromatic carbocycles. The molecule has 0 bridgehead atoms. The Labute approximate surface area is 128 Å². The second-order valence-electron chi connectivity index (χ2n) is 4.59. The van der Waals surface area contributed by atoms with Crippen LogP contribution in [0.2, 0.25) is 0 Å². The first-order valence-corrected chi connectivity index (χ1v) is 6.76. The van der Waals surface area contributed by atoms with Crippen molar-refractivity contribution in [2.75, 3.05) is 7.11 Å². The SMILES string of the molecule is COC(=O)CCc1ccccc1Oc1ccccc1C(=O)O. The number of carbonyl (C=O) groups is 2. The Morgan fingerprint density at radius 2 is 1.64 bits per heavy atom. The summed E-state index contributed by atoms with van der Waals surface area (Å²) < 4.78 is 10.4. The van der Waals surface area contributed by atoms with Crippen LogP contribution in [0, 0.1) is 0 Å². The van der Waals surface area contributed by atoms with Gasteiger partial charge in [-0.15, -0.1) is 0 Å². The number of para-hydroxylation sites is 2. The van der Waals surface area contributed by atoms with E-state index in [0.29, 0.717) is 12.2 Å². The van der Waals surface area contributed by atoms with Crippen LogP contribution in [0.25, 0.3) is 0 Å². The number of hydrogen-bond acceptors (Lipinski definition) is 4. The summed E-state index contributed by atoms with van der Waals surface area (Å²) in [5.74, 6) is -0.566. The van der Waals surface area contributed by atoms with Crippen LogP contribution in [0.5, 0.6) is 11.5 Å². The summed E-state index contributed by atoms with van der Waals surface area (Å²) in [4.78, 5) is 22.5. The minimum atomic E-state index is -1.05. The van der Waals surface area contributed by atoms with Gasteiger partial charge in [0, 0.05) is 6.42 Å². The van der Waals surface area contributed by atoms with Crippen LogP contribution >= 0.6 is 0 Å². The van der Waals surface area contributed by atoms with E-state index in [9.17, 15) is 14.7 Å². The standard InChI is InChI=1S/C17H16O5/c1-21-16(18)11-10-12-6-2-4-8-14(12)22-15-9-5-3-7-13(15)17(19)20/h2-9H,10-11H2,1H3,(H,19,20). The first kappa shape index (κ1) is 15.6. The lowest BCUT2D eigenvalue weighted by molar-refractivity contribution is -0.140. The molecule has 0 aliphatic carbocycles. The predicted molar refractivity (Wildman–Crippen MR) is 80.3 cm³/mol. The first-order chi connectivity index (χ1) is 10.6. The van der Waals surface area contributed by atoms with Gasteiger partial charge < -0.3 is 14.6 Å². The van der Waals surface area contributed by atoms with Gasteiger partial charge in [-0.1, -0.05) is 30.3 Å². The summed E-state index contributed by atoms with van der Waals surface area (Å²) in [6, 6.07) is 13.6. The zero-order valence-electron chi connectivity index (χ0n) is 12.1. The van der Waals surface area contributed by atoms with Crippen molar-refractivity contribution in [3.63, 3.8) is 0 Å². The smallest absolute Gasteiger partial charge is 0.339 e. The number of esters is 1. The maximum Gasteiger partial charge on any atom is 0.339 e. The van der Waals surface area contributed by atoms with Crippen molar-refractivity contribution in [2.45, 2.75) is 12.8 Å². The van der Waals surface area contributed by atoms with Crippen molar-refractivity contribution in [3.8, 4) is 11.5 Å². The lowest BCUT2D eigenvalue weighted by Crippen LogP contribution is -2.04. The molecule has 0 spiro atoms. The Balaban J connectivity index is 2.23. The van der Waals surface area contributed by atoms with Gasteiger partial charge in [0.25, 0.3) is 0 Å². The average Bonchev–Trinajstić information content (AvgIpc) is 2.54. The Bertz CT molecular complexity index is 678. The fraction of sp³-hybridized carbons (Fsp3) is 0.176. The topological polar surface area (TPSA) is 72.8 Å². The van der Waals surface area contributed by atoms with Gasteiger partial charge in [-0.05, 0) is 30.2 Å². The molecule has 0 saturated carbocycles. The maximum atomic E-state index is 11.3. The molecule has 0 amide bonds. The molecule has 22 heavy (non-hydrogen) atoms. The number of aromatic carboxylic acids is 1. The maximum absolute atomic E-state index is 11.3. The summed E-state index contributed by atoms with van der Waals surface area (Å²) in [5, 5.41) is 9.18. The van der Waals surface area contributed by atoms with Crippen molar-refractivity contribution < 1.29 is 24.2 Å². The summed E-state index contributed by atoms with van der Waals surface area (Å²) in [6.07, 6.45) is 0.690. The molecule has 0 heterocycles. The third kappa shape index (κ3) is 3.85. The van der Waals surface area contributed by atoms with E-state index in [1.54, 1.807) is 30.3 Å². The monoisotopic (exact) mass is 300 g/mol. The molecule has 0 fully saturated rings. The summed E-state index contributed by atoms with van der Waals surface area (Å²) >= 11 is 0. The highest BCUT2D eigenvalue weighted by Gasteiger charge is 2.13. The second kappa shape index (κ2) is 7.26. The summed E-state index contributed by atoms with van der Waals surface area (Å²) in [6.45, 7) is 0. The normalized spacial score (nSPS) is 10.0. The van der Waals surface area contributed by atoms with Crippen LogP contribution in [0.1, 0.15) is 22.3 Å². The number of hydrogen-bond donors (Lipinski definition) is 1. The van der Waals surface area contributed by atoms with E-state index in [-0.39, 0.29) is 23.7 Å². The van der Waals surface area contributed by atoms with Crippen LogP contribution in [0.4, 0.5) is 0 Å². The molecule has 0 radical (unpaired) electrons. The van der Waals surface area contributed by atoms with Crippen LogP contribution in [0.15, 0.2) is 48.5 Å². The molecule has 0 atom stereocenters. The fourth-order valence-corrected chi connectivity index (χ4v) is 2.00. The highest BCUT2D eigenvalue weighted by Crippen LogP contribution is 2.28. The van der Waals surface area contributed by atoms with E-state index in [1.165, 1.54) is 13.2 Å². The number of carboxylic acid groups (broad SMARTS) is 1. The van der Waals surface area contributed by atoms with Gasteiger partial charge in [-0.2, -0.15) is 0 Å². The predicted octanol–water partition coefficient (Wildman–Crippen LogP) is 3.28. The van der Waals surface area contributed by atoms with Crippen LogP contribution in [-0.4, -0.2) is 24.2 Å². The molecule has 0 unspecified atom stereocenters. The Morgan fingerprint density at radius 1 is 1.00 bits per heavy atom. The van der Waals surface area contributed by atoms with Gasteiger partial charge in [0.2, 0.25) is 0 Å². The Kier molecular flexibility index (Phi) is 5.14. The van der Waals surface area contributed by atoms with Gasteiger partial charge in [0.05, 0.1) is 7.11 Å². The molecule has 5 nitrogen and oxygen atoms in total. The molecule has 2 aromatic rings. The van der Waals surface area contributed by atoms with Crippen molar-refractivity contribution in [3.05, 3.63) is 59.7 Å². The van der Waals surface area contributed by atoms with E-state index in [0.717, 1.165) is 5.56 Å². The quantitative estimate of drug-likeness (QED) is 0.829. The van der Waals surface area contributed by atoms with E-state index in [4.69, 9.17) is 4.74 Å². The summed E-state index contributed by atoms with van der Waals surface area (Å²) in [7, 11) is 1.34. The van der Waals surface area contributed by atoms with Crippen LogP contribution in [0.3, 0.4) is 0 Å². The third-order valence-corrected chi connectivity index (χ3v) is 3.14. The van der Waals surface area contributed by atoms with Crippen LogP contribution < -0.4 is 4.74 Å². The number of rotatable bonds is 6. The fourth-order valence-electron chi connectivity index (χ4n) is 2.00. The van der Waals surface area contributed by atoms with Gasteiger partial charge in [0.1, 0.15) is 17.1 Å². The van der Waals surface area contributed by atoms with Gasteiger partial charge in [-0.3, -0.25) is 4.79 Å².